The fraction of sp³-hybridized carbons (Fsp3) is 0.520. The topological polar surface area (TPSA) is 81.3 Å². The second-order valence-corrected chi connectivity index (χ2v) is 8.67. The first-order chi connectivity index (χ1) is 14.6. The van der Waals surface area contributed by atoms with Crippen LogP contribution in [0.5, 0.6) is 0 Å². The Morgan fingerprint density at radius 3 is 2.60 bits per heavy atom. The number of carboxylic acids is 1. The van der Waals surface area contributed by atoms with Gasteiger partial charge in [0.25, 0.3) is 0 Å². The van der Waals surface area contributed by atoms with Gasteiger partial charge < -0.3 is 10.2 Å². The minimum atomic E-state index is -0.846. The zero-order valence-electron chi connectivity index (χ0n) is 18.0. The maximum Gasteiger partial charge on any atom is 0.304 e. The molecule has 0 aromatic heterocycles. The van der Waals surface area contributed by atoms with E-state index in [1.165, 1.54) is 56.7 Å². The molecule has 2 N–H and O–H groups in total. The Morgan fingerprint density at radius 1 is 1.17 bits per heavy atom. The van der Waals surface area contributed by atoms with E-state index in [1.807, 2.05) is 18.2 Å². The molecule has 0 aliphatic heterocycles. The number of hydrogen-bond acceptors (Lipinski definition) is 4. The smallest absolute Gasteiger partial charge is 0.304 e. The number of rotatable bonds is 16. The van der Waals surface area contributed by atoms with Crippen LogP contribution < -0.4 is 0 Å². The van der Waals surface area contributed by atoms with Gasteiger partial charge in [0, 0.05) is 5.75 Å². The summed E-state index contributed by atoms with van der Waals surface area (Å²) in [5.41, 5.74) is 1.16. The summed E-state index contributed by atoms with van der Waals surface area (Å²) in [5, 5.41) is 28.5. The Kier molecular flexibility index (Phi) is 14.5. The van der Waals surface area contributed by atoms with Crippen molar-refractivity contribution in [2.75, 3.05) is 5.75 Å². The fourth-order valence-corrected chi connectivity index (χ4v) is 4.19. The Hall–Kier alpha value is -2.03. The lowest BCUT2D eigenvalue weighted by atomic mass is 10.0. The van der Waals surface area contributed by atoms with Crippen molar-refractivity contribution >= 4 is 17.7 Å². The molecule has 1 aromatic carbocycles. The first-order valence-corrected chi connectivity index (χ1v) is 12.0. The summed E-state index contributed by atoms with van der Waals surface area (Å²) >= 11 is 1.41. The highest BCUT2D eigenvalue weighted by Crippen LogP contribution is 2.29. The Morgan fingerprint density at radius 2 is 1.90 bits per heavy atom. The maximum atomic E-state index is 10.8. The van der Waals surface area contributed by atoms with E-state index in [2.05, 4.69) is 19.1 Å². The summed E-state index contributed by atoms with van der Waals surface area (Å²) in [6.45, 7) is 2.23. The molecule has 2 unspecified atom stereocenters. The van der Waals surface area contributed by atoms with Crippen molar-refractivity contribution in [1.82, 2.24) is 0 Å². The summed E-state index contributed by atoms with van der Waals surface area (Å²) < 4.78 is 0. The van der Waals surface area contributed by atoms with Crippen LogP contribution in [0, 0.1) is 11.3 Å². The molecule has 4 nitrogen and oxygen atoms in total. The van der Waals surface area contributed by atoms with Crippen LogP contribution in [0.4, 0.5) is 0 Å². The van der Waals surface area contributed by atoms with Gasteiger partial charge in [-0.2, -0.15) is 17.0 Å². The zero-order chi connectivity index (χ0) is 22.0. The highest BCUT2D eigenvalue weighted by molar-refractivity contribution is 8.00. The molecule has 0 spiro atoms. The van der Waals surface area contributed by atoms with Gasteiger partial charge in [-0.05, 0) is 30.5 Å². The van der Waals surface area contributed by atoms with Crippen LogP contribution in [0.15, 0.2) is 48.6 Å². The summed E-state index contributed by atoms with van der Waals surface area (Å²) in [6.07, 6.45) is 17.3. The van der Waals surface area contributed by atoms with Crippen LogP contribution in [0.25, 0.3) is 0 Å². The van der Waals surface area contributed by atoms with Crippen molar-refractivity contribution in [2.24, 2.45) is 0 Å². The molecule has 0 saturated heterocycles. The molecule has 0 fully saturated rings. The number of hydrogen-bond donors (Lipinski definition) is 2. The summed E-state index contributed by atoms with van der Waals surface area (Å²) in [5.74, 6) is -0.429. The van der Waals surface area contributed by atoms with Gasteiger partial charge >= 0.3 is 5.97 Å². The molecule has 0 radical (unpaired) electrons. The minimum Gasteiger partial charge on any atom is -0.481 e. The number of carbonyl (C=O) groups is 1. The standard InChI is InChI=1S/C25H35NO3S/c1-2-3-4-5-6-7-8-9-10-11-12-16-23(30-18-17-24(27)28)25(29)22-15-13-14-21(19-22)20-26/h10-16,19,23,25,29H,2-9,17-18H2,1H3,(H,27,28)/b11-10-,16-12+. The van der Waals surface area contributed by atoms with Crippen LogP contribution in [0.2, 0.25) is 0 Å². The van der Waals surface area contributed by atoms with E-state index in [0.29, 0.717) is 16.9 Å². The van der Waals surface area contributed by atoms with Crippen LogP contribution in [0.1, 0.15) is 81.9 Å². The molecule has 2 atom stereocenters. The lowest BCUT2D eigenvalue weighted by Crippen LogP contribution is -2.14. The molecule has 0 saturated carbocycles. The van der Waals surface area contributed by atoms with Crippen LogP contribution in [-0.2, 0) is 4.79 Å². The number of unbranched alkanes of at least 4 members (excludes halogenated alkanes) is 7. The van der Waals surface area contributed by atoms with Gasteiger partial charge in [-0.25, -0.2) is 0 Å². The second kappa shape index (κ2) is 16.7. The monoisotopic (exact) mass is 429 g/mol. The number of aliphatic carboxylic acids is 1. The third-order valence-corrected chi connectivity index (χ3v) is 6.06. The highest BCUT2D eigenvalue weighted by atomic mass is 32.2. The Balaban J connectivity index is 2.54. The normalized spacial score (nSPS) is 13.5. The van der Waals surface area contributed by atoms with Gasteiger partial charge in [-0.3, -0.25) is 4.79 Å². The number of nitrogens with zero attached hydrogens (tertiary/aromatic N) is 1. The van der Waals surface area contributed by atoms with Gasteiger partial charge in [-0.15, -0.1) is 0 Å². The lowest BCUT2D eigenvalue weighted by molar-refractivity contribution is -0.136. The minimum absolute atomic E-state index is 0.0497. The molecule has 0 aliphatic carbocycles. The molecule has 1 rings (SSSR count). The number of aliphatic hydroxyl groups is 1. The summed E-state index contributed by atoms with van der Waals surface area (Å²) in [6, 6.07) is 9.01. The van der Waals surface area contributed by atoms with Gasteiger partial charge in [-0.1, -0.05) is 81.9 Å². The zero-order valence-corrected chi connectivity index (χ0v) is 18.8. The van der Waals surface area contributed by atoms with Crippen LogP contribution in [0.3, 0.4) is 0 Å². The van der Waals surface area contributed by atoms with Gasteiger partial charge in [0.1, 0.15) is 0 Å². The number of thioether (sulfide) groups is 1. The molecule has 5 heteroatoms. The van der Waals surface area contributed by atoms with Gasteiger partial charge in [0.15, 0.2) is 0 Å². The Bertz CT molecular complexity index is 709. The third kappa shape index (κ3) is 11.8. The average molecular weight is 430 g/mol. The number of allylic oxidation sites excluding steroid dienone is 3. The van der Waals surface area contributed by atoms with E-state index in [4.69, 9.17) is 10.4 Å². The van der Waals surface area contributed by atoms with Crippen LogP contribution in [-0.4, -0.2) is 27.2 Å². The summed E-state index contributed by atoms with van der Waals surface area (Å²) in [4.78, 5) is 10.8. The van der Waals surface area contributed by atoms with Crippen molar-refractivity contribution in [3.05, 3.63) is 59.7 Å². The SMILES string of the molecule is CCCCCCCCC/C=C\C=C\C(SCCC(=O)O)C(O)c1cccc(C#N)c1. The van der Waals surface area contributed by atoms with Crippen molar-refractivity contribution in [3.8, 4) is 6.07 Å². The van der Waals surface area contributed by atoms with Gasteiger partial charge in [0.2, 0.25) is 0 Å². The van der Waals surface area contributed by atoms with E-state index in [-0.39, 0.29) is 11.7 Å². The molecule has 0 aliphatic rings. The second-order valence-electron chi connectivity index (χ2n) is 7.38. The molecule has 0 heterocycles. The highest BCUT2D eigenvalue weighted by Gasteiger charge is 2.19. The number of aliphatic hydroxyl groups excluding tert-OH is 1. The molecule has 164 valence electrons. The fourth-order valence-electron chi connectivity index (χ4n) is 3.08. The molecular formula is C25H35NO3S. The molecule has 0 bridgehead atoms. The molecule has 1 aromatic rings. The van der Waals surface area contributed by atoms with E-state index >= 15 is 0 Å². The third-order valence-electron chi connectivity index (χ3n) is 4.82. The maximum absolute atomic E-state index is 10.8. The number of benzene rings is 1. The predicted octanol–water partition coefficient (Wildman–Crippen LogP) is 6.42. The Labute approximate surface area is 185 Å². The number of carboxylic acid groups (broad SMARTS) is 1. The van der Waals surface area contributed by atoms with E-state index in [9.17, 15) is 9.90 Å². The molecule has 0 amide bonds. The predicted molar refractivity (Wildman–Crippen MR) is 126 cm³/mol. The van der Waals surface area contributed by atoms with E-state index in [0.717, 1.165) is 6.42 Å². The van der Waals surface area contributed by atoms with Crippen molar-refractivity contribution in [1.29, 1.82) is 5.26 Å². The molecule has 30 heavy (non-hydrogen) atoms. The largest absolute Gasteiger partial charge is 0.481 e. The first-order valence-electron chi connectivity index (χ1n) is 10.9. The first kappa shape index (κ1) is 26.0. The van der Waals surface area contributed by atoms with Crippen molar-refractivity contribution in [2.45, 2.75) is 76.1 Å². The van der Waals surface area contributed by atoms with Crippen molar-refractivity contribution in [3.63, 3.8) is 0 Å². The van der Waals surface area contributed by atoms with E-state index in [1.54, 1.807) is 24.3 Å². The van der Waals surface area contributed by atoms with Gasteiger partial charge in [0.05, 0.1) is 29.4 Å². The van der Waals surface area contributed by atoms with Crippen molar-refractivity contribution < 1.29 is 15.0 Å². The average Bonchev–Trinajstić information content (AvgIpc) is 2.75. The molecular weight excluding hydrogens is 394 g/mol. The quantitative estimate of drug-likeness (QED) is 0.234. The van der Waals surface area contributed by atoms with Crippen LogP contribution >= 0.6 is 11.8 Å². The summed E-state index contributed by atoms with van der Waals surface area (Å²) in [7, 11) is 0. The lowest BCUT2D eigenvalue weighted by Gasteiger charge is -2.20. The van der Waals surface area contributed by atoms with E-state index < -0.39 is 12.1 Å². The number of nitriles is 1.